The first-order valence-corrected chi connectivity index (χ1v) is 4.10. The molecule has 1 aromatic rings. The van der Waals surface area contributed by atoms with Gasteiger partial charge in [0.15, 0.2) is 0 Å². The third-order valence-electron chi connectivity index (χ3n) is 1.70. The van der Waals surface area contributed by atoms with Crippen LogP contribution in [0.3, 0.4) is 0 Å². The van der Waals surface area contributed by atoms with E-state index >= 15 is 0 Å². The average Bonchev–Trinajstić information content (AvgIpc) is 2.17. The largest absolute Gasteiger partial charge is 0.480 e. The SMILES string of the molecule is COC(=N)c1cnc(C(C)C)cn1. The zero-order valence-electron chi connectivity index (χ0n) is 8.03. The quantitative estimate of drug-likeness (QED) is 0.553. The highest BCUT2D eigenvalue weighted by Crippen LogP contribution is 2.09. The van der Waals surface area contributed by atoms with Crippen LogP contribution in [0.1, 0.15) is 31.2 Å². The summed E-state index contributed by atoms with van der Waals surface area (Å²) in [7, 11) is 1.44. The van der Waals surface area contributed by atoms with Crippen LogP contribution in [0.15, 0.2) is 12.4 Å². The van der Waals surface area contributed by atoms with E-state index < -0.39 is 0 Å². The first-order chi connectivity index (χ1) is 6.15. The van der Waals surface area contributed by atoms with Crippen molar-refractivity contribution in [2.75, 3.05) is 7.11 Å². The van der Waals surface area contributed by atoms with Crippen molar-refractivity contribution in [3.8, 4) is 0 Å². The first kappa shape index (κ1) is 9.64. The van der Waals surface area contributed by atoms with Crippen LogP contribution in [-0.4, -0.2) is 23.0 Å². The van der Waals surface area contributed by atoms with Gasteiger partial charge in [-0.2, -0.15) is 0 Å². The van der Waals surface area contributed by atoms with Gasteiger partial charge in [0.1, 0.15) is 5.69 Å². The Morgan fingerprint density at radius 2 is 2.08 bits per heavy atom. The van der Waals surface area contributed by atoms with Gasteiger partial charge in [-0.25, -0.2) is 4.98 Å². The molecule has 0 aromatic carbocycles. The number of nitrogens with zero attached hydrogens (tertiary/aromatic N) is 2. The molecule has 0 spiro atoms. The summed E-state index contributed by atoms with van der Waals surface area (Å²) in [6.07, 6.45) is 3.23. The molecule has 1 heterocycles. The first-order valence-electron chi connectivity index (χ1n) is 4.10. The van der Waals surface area contributed by atoms with Crippen molar-refractivity contribution in [2.24, 2.45) is 0 Å². The third-order valence-corrected chi connectivity index (χ3v) is 1.70. The van der Waals surface area contributed by atoms with Gasteiger partial charge in [0, 0.05) is 6.20 Å². The minimum Gasteiger partial charge on any atom is -0.480 e. The molecule has 13 heavy (non-hydrogen) atoms. The molecule has 1 N–H and O–H groups in total. The second-order valence-electron chi connectivity index (χ2n) is 3.01. The fourth-order valence-corrected chi connectivity index (χ4v) is 0.858. The van der Waals surface area contributed by atoms with Gasteiger partial charge in [-0.1, -0.05) is 13.8 Å². The monoisotopic (exact) mass is 179 g/mol. The molecule has 0 bridgehead atoms. The van der Waals surface area contributed by atoms with Crippen molar-refractivity contribution < 1.29 is 4.74 Å². The standard InChI is InChI=1S/C9H13N3O/c1-6(2)7-4-12-8(5-11-7)9(10)13-3/h4-6,10H,1-3H3. The topological polar surface area (TPSA) is 58.9 Å². The number of hydrogen-bond donors (Lipinski definition) is 1. The lowest BCUT2D eigenvalue weighted by Gasteiger charge is -2.04. The summed E-state index contributed by atoms with van der Waals surface area (Å²) < 4.78 is 4.72. The average molecular weight is 179 g/mol. The molecular weight excluding hydrogens is 166 g/mol. The predicted octanol–water partition coefficient (Wildman–Crippen LogP) is 1.57. The maximum atomic E-state index is 7.33. The van der Waals surface area contributed by atoms with E-state index in [0.29, 0.717) is 11.6 Å². The van der Waals surface area contributed by atoms with E-state index in [4.69, 9.17) is 10.1 Å². The van der Waals surface area contributed by atoms with Crippen LogP contribution in [0.5, 0.6) is 0 Å². The number of hydrogen-bond acceptors (Lipinski definition) is 4. The third kappa shape index (κ3) is 2.24. The van der Waals surface area contributed by atoms with Crippen LogP contribution < -0.4 is 0 Å². The summed E-state index contributed by atoms with van der Waals surface area (Å²) in [6.45, 7) is 4.09. The van der Waals surface area contributed by atoms with Gasteiger partial charge in [-0.05, 0) is 5.92 Å². The molecule has 70 valence electrons. The molecule has 4 nitrogen and oxygen atoms in total. The molecule has 1 aromatic heterocycles. The van der Waals surface area contributed by atoms with Gasteiger partial charge in [0.05, 0.1) is 19.0 Å². The van der Waals surface area contributed by atoms with Crippen LogP contribution in [0.25, 0.3) is 0 Å². The van der Waals surface area contributed by atoms with Crippen molar-refractivity contribution in [1.82, 2.24) is 9.97 Å². The Morgan fingerprint density at radius 1 is 1.38 bits per heavy atom. The molecule has 0 aliphatic rings. The summed E-state index contributed by atoms with van der Waals surface area (Å²) >= 11 is 0. The summed E-state index contributed by atoms with van der Waals surface area (Å²) in [5.74, 6) is 0.404. The number of aromatic nitrogens is 2. The lowest BCUT2D eigenvalue weighted by atomic mass is 10.1. The van der Waals surface area contributed by atoms with Gasteiger partial charge in [-0.15, -0.1) is 0 Å². The number of nitrogens with one attached hydrogen (secondary N) is 1. The molecule has 0 amide bonds. The van der Waals surface area contributed by atoms with Crippen molar-refractivity contribution in [2.45, 2.75) is 19.8 Å². The molecule has 4 heteroatoms. The summed E-state index contributed by atoms with van der Waals surface area (Å²) in [5, 5.41) is 7.33. The van der Waals surface area contributed by atoms with Gasteiger partial charge in [0.2, 0.25) is 5.90 Å². The predicted molar refractivity (Wildman–Crippen MR) is 50.0 cm³/mol. The van der Waals surface area contributed by atoms with Crippen molar-refractivity contribution in [3.05, 3.63) is 23.8 Å². The van der Waals surface area contributed by atoms with Gasteiger partial charge in [-0.3, -0.25) is 10.4 Å². The minimum atomic E-state index is 0.0443. The van der Waals surface area contributed by atoms with Gasteiger partial charge in [0.25, 0.3) is 0 Å². The molecule has 0 atom stereocenters. The van der Waals surface area contributed by atoms with Gasteiger partial charge < -0.3 is 4.74 Å². The fraction of sp³-hybridized carbons (Fsp3) is 0.444. The zero-order chi connectivity index (χ0) is 9.84. The van der Waals surface area contributed by atoms with E-state index in [-0.39, 0.29) is 5.90 Å². The highest BCUT2D eigenvalue weighted by molar-refractivity contribution is 5.88. The van der Waals surface area contributed by atoms with E-state index in [0.717, 1.165) is 5.69 Å². The zero-order valence-corrected chi connectivity index (χ0v) is 8.03. The van der Waals surface area contributed by atoms with Gasteiger partial charge >= 0.3 is 0 Å². The lowest BCUT2D eigenvalue weighted by Crippen LogP contribution is -2.06. The summed E-state index contributed by atoms with van der Waals surface area (Å²) in [4.78, 5) is 8.22. The maximum Gasteiger partial charge on any atom is 0.233 e. The molecule has 0 aliphatic carbocycles. The lowest BCUT2D eigenvalue weighted by molar-refractivity contribution is 0.399. The van der Waals surface area contributed by atoms with Crippen LogP contribution in [0, 0.1) is 5.41 Å². The van der Waals surface area contributed by atoms with Crippen molar-refractivity contribution >= 4 is 5.90 Å². The number of rotatable bonds is 2. The second kappa shape index (κ2) is 3.98. The summed E-state index contributed by atoms with van der Waals surface area (Å²) in [6, 6.07) is 0. The Hall–Kier alpha value is -1.45. The molecule has 0 saturated heterocycles. The minimum absolute atomic E-state index is 0.0443. The highest BCUT2D eigenvalue weighted by atomic mass is 16.5. The second-order valence-corrected chi connectivity index (χ2v) is 3.01. The Balaban J connectivity index is 2.87. The van der Waals surface area contributed by atoms with Crippen LogP contribution in [-0.2, 0) is 4.74 Å². The van der Waals surface area contributed by atoms with E-state index in [9.17, 15) is 0 Å². The number of methoxy groups -OCH3 is 1. The van der Waals surface area contributed by atoms with E-state index in [1.807, 2.05) is 13.8 Å². The summed E-state index contributed by atoms with van der Waals surface area (Å²) in [5.41, 5.74) is 1.39. The Morgan fingerprint density at radius 3 is 2.46 bits per heavy atom. The molecule has 0 fully saturated rings. The molecule has 0 radical (unpaired) electrons. The van der Waals surface area contributed by atoms with Crippen LogP contribution in [0.2, 0.25) is 0 Å². The Labute approximate surface area is 77.5 Å². The highest BCUT2D eigenvalue weighted by Gasteiger charge is 2.05. The number of ether oxygens (including phenoxy) is 1. The molecule has 0 aliphatic heterocycles. The maximum absolute atomic E-state index is 7.33. The van der Waals surface area contributed by atoms with E-state index in [2.05, 4.69) is 9.97 Å². The van der Waals surface area contributed by atoms with Crippen LogP contribution >= 0.6 is 0 Å². The molecule has 0 saturated carbocycles. The van der Waals surface area contributed by atoms with Crippen molar-refractivity contribution in [1.29, 1.82) is 5.41 Å². The molecule has 0 unspecified atom stereocenters. The van der Waals surface area contributed by atoms with E-state index in [1.54, 1.807) is 12.4 Å². The fourth-order valence-electron chi connectivity index (χ4n) is 0.858. The Bertz CT molecular complexity index is 292. The van der Waals surface area contributed by atoms with E-state index in [1.165, 1.54) is 7.11 Å². The van der Waals surface area contributed by atoms with Crippen LogP contribution in [0.4, 0.5) is 0 Å². The molecule has 1 rings (SSSR count). The Kier molecular flexibility index (Phi) is 2.95. The molecular formula is C9H13N3O. The normalized spacial score (nSPS) is 10.2. The van der Waals surface area contributed by atoms with Crippen molar-refractivity contribution in [3.63, 3.8) is 0 Å². The smallest absolute Gasteiger partial charge is 0.233 e.